The normalized spacial score (nSPS) is 11.4. The first-order valence-electron chi connectivity index (χ1n) is 7.24. The zero-order chi connectivity index (χ0) is 16.9. The van der Waals surface area contributed by atoms with E-state index < -0.39 is 17.2 Å². The van der Waals surface area contributed by atoms with E-state index in [1.165, 1.54) is 18.2 Å². The Balaban J connectivity index is 2.04. The van der Waals surface area contributed by atoms with Crippen LogP contribution in [0.3, 0.4) is 0 Å². The molecule has 0 radical (unpaired) electrons. The van der Waals surface area contributed by atoms with E-state index in [0.29, 0.717) is 5.56 Å². The molecule has 4 heteroatoms. The van der Waals surface area contributed by atoms with Crippen LogP contribution < -0.4 is 5.32 Å². The third-order valence-electron chi connectivity index (χ3n) is 3.44. The second-order valence-electron chi connectivity index (χ2n) is 5.69. The quantitative estimate of drug-likeness (QED) is 0.679. The summed E-state index contributed by atoms with van der Waals surface area (Å²) < 4.78 is 13.0. The van der Waals surface area contributed by atoms with Gasteiger partial charge in [0.15, 0.2) is 0 Å². The second-order valence-corrected chi connectivity index (χ2v) is 5.69. The van der Waals surface area contributed by atoms with Gasteiger partial charge in [-0.2, -0.15) is 0 Å². The summed E-state index contributed by atoms with van der Waals surface area (Å²) in [5.74, 6) is -1.69. The number of rotatable bonds is 5. The van der Waals surface area contributed by atoms with Crippen LogP contribution in [0.2, 0.25) is 0 Å². The topological polar surface area (TPSA) is 46.2 Å². The number of carbonyl (C=O) groups excluding carboxylic acids is 2. The van der Waals surface area contributed by atoms with Crippen molar-refractivity contribution >= 4 is 17.8 Å². The van der Waals surface area contributed by atoms with Gasteiger partial charge in [-0.15, -0.1) is 0 Å². The van der Waals surface area contributed by atoms with Gasteiger partial charge in [0.1, 0.15) is 5.82 Å². The number of hydrogen-bond acceptors (Lipinski definition) is 2. The van der Waals surface area contributed by atoms with Crippen LogP contribution in [0, 0.1) is 5.82 Å². The molecule has 0 spiro atoms. The first-order valence-corrected chi connectivity index (χ1v) is 7.24. The van der Waals surface area contributed by atoms with E-state index in [-0.39, 0.29) is 5.82 Å². The molecule has 0 heterocycles. The molecule has 0 saturated heterocycles. The minimum atomic E-state index is -0.777. The molecule has 0 saturated carbocycles. The summed E-state index contributed by atoms with van der Waals surface area (Å²) >= 11 is 0. The summed E-state index contributed by atoms with van der Waals surface area (Å²) in [6, 6.07) is 15.1. The molecule has 0 aliphatic heterocycles. The van der Waals surface area contributed by atoms with E-state index in [1.54, 1.807) is 32.1 Å². The van der Waals surface area contributed by atoms with Gasteiger partial charge in [-0.05, 0) is 43.2 Å². The summed E-state index contributed by atoms with van der Waals surface area (Å²) in [5, 5.41) is 2.67. The van der Waals surface area contributed by atoms with Crippen LogP contribution in [0.15, 0.2) is 60.7 Å². The summed E-state index contributed by atoms with van der Waals surface area (Å²) in [5.41, 5.74) is 0.777. The van der Waals surface area contributed by atoms with Crippen molar-refractivity contribution in [3.05, 3.63) is 77.6 Å². The molecule has 0 aliphatic carbocycles. The highest BCUT2D eigenvalue weighted by Gasteiger charge is 2.25. The monoisotopic (exact) mass is 311 g/mol. The third-order valence-corrected chi connectivity index (χ3v) is 3.44. The lowest BCUT2D eigenvalue weighted by Crippen LogP contribution is -2.43. The maximum absolute atomic E-state index is 13.0. The van der Waals surface area contributed by atoms with Gasteiger partial charge in [0.25, 0.3) is 5.91 Å². The first kappa shape index (κ1) is 16.6. The zero-order valence-corrected chi connectivity index (χ0v) is 13.0. The highest BCUT2D eigenvalue weighted by Crippen LogP contribution is 2.20. The first-order chi connectivity index (χ1) is 10.9. The van der Waals surface area contributed by atoms with Crippen molar-refractivity contribution in [2.24, 2.45) is 0 Å². The van der Waals surface area contributed by atoms with E-state index in [0.717, 1.165) is 5.56 Å². The van der Waals surface area contributed by atoms with Crippen LogP contribution in [0.25, 0.3) is 6.08 Å². The van der Waals surface area contributed by atoms with Gasteiger partial charge in [-0.3, -0.25) is 9.59 Å². The lowest BCUT2D eigenvalue weighted by molar-refractivity contribution is -0.136. The fourth-order valence-corrected chi connectivity index (χ4v) is 2.10. The third kappa shape index (κ3) is 4.61. The fourth-order valence-electron chi connectivity index (χ4n) is 2.10. The predicted octanol–water partition coefficient (Wildman–Crippen LogP) is 3.46. The molecule has 0 aliphatic rings. The maximum Gasteiger partial charge on any atom is 0.292 e. The van der Waals surface area contributed by atoms with Crippen molar-refractivity contribution in [1.29, 1.82) is 0 Å². The Labute approximate surface area is 134 Å². The second kappa shape index (κ2) is 7.01. The van der Waals surface area contributed by atoms with Gasteiger partial charge >= 0.3 is 0 Å². The smallest absolute Gasteiger partial charge is 0.292 e. The van der Waals surface area contributed by atoms with Crippen LogP contribution in [0.5, 0.6) is 0 Å². The van der Waals surface area contributed by atoms with E-state index in [9.17, 15) is 14.0 Å². The molecule has 1 amide bonds. The van der Waals surface area contributed by atoms with Gasteiger partial charge in [-0.1, -0.05) is 48.5 Å². The lowest BCUT2D eigenvalue weighted by atomic mass is 9.94. The molecule has 23 heavy (non-hydrogen) atoms. The van der Waals surface area contributed by atoms with Crippen molar-refractivity contribution < 1.29 is 14.0 Å². The number of carbonyl (C=O) groups is 2. The van der Waals surface area contributed by atoms with Gasteiger partial charge in [0, 0.05) is 0 Å². The maximum atomic E-state index is 13.0. The summed E-state index contributed by atoms with van der Waals surface area (Å²) in [4.78, 5) is 24.0. The lowest BCUT2D eigenvalue weighted by Gasteiger charge is -2.26. The van der Waals surface area contributed by atoms with Crippen molar-refractivity contribution in [1.82, 2.24) is 5.32 Å². The van der Waals surface area contributed by atoms with Crippen molar-refractivity contribution in [2.45, 2.75) is 19.4 Å². The molecule has 0 fully saturated rings. The van der Waals surface area contributed by atoms with Gasteiger partial charge in [0.05, 0.1) is 5.54 Å². The minimum absolute atomic E-state index is 0.349. The molecule has 0 unspecified atom stereocenters. The van der Waals surface area contributed by atoms with E-state index in [4.69, 9.17) is 0 Å². The molecule has 2 aromatic carbocycles. The Kier molecular flexibility index (Phi) is 5.06. The van der Waals surface area contributed by atoms with Gasteiger partial charge in [-0.25, -0.2) is 4.39 Å². The Hall–Kier alpha value is -2.75. The van der Waals surface area contributed by atoms with Crippen LogP contribution in [0.4, 0.5) is 4.39 Å². The number of ketones is 1. The molecule has 0 atom stereocenters. The fraction of sp³-hybridized carbons (Fsp3) is 0.158. The Morgan fingerprint density at radius 1 is 1.00 bits per heavy atom. The van der Waals surface area contributed by atoms with Crippen LogP contribution in [-0.2, 0) is 15.1 Å². The summed E-state index contributed by atoms with van der Waals surface area (Å²) in [6.07, 6.45) is 2.83. The molecular formula is C19H18FNO2. The van der Waals surface area contributed by atoms with Crippen LogP contribution >= 0.6 is 0 Å². The van der Waals surface area contributed by atoms with Crippen molar-refractivity contribution in [3.8, 4) is 0 Å². The van der Waals surface area contributed by atoms with E-state index in [1.807, 2.05) is 30.3 Å². The summed E-state index contributed by atoms with van der Waals surface area (Å²) in [7, 11) is 0. The number of halogens is 1. The number of nitrogens with one attached hydrogen (secondary N) is 1. The van der Waals surface area contributed by atoms with E-state index >= 15 is 0 Å². The van der Waals surface area contributed by atoms with Crippen LogP contribution in [-0.4, -0.2) is 11.7 Å². The largest absolute Gasteiger partial charge is 0.340 e. The molecule has 2 rings (SSSR count). The number of amides is 1. The average Bonchev–Trinajstić information content (AvgIpc) is 2.53. The van der Waals surface area contributed by atoms with Crippen molar-refractivity contribution in [3.63, 3.8) is 0 Å². The molecule has 2 aromatic rings. The Morgan fingerprint density at radius 2 is 1.61 bits per heavy atom. The zero-order valence-electron chi connectivity index (χ0n) is 13.0. The average molecular weight is 311 g/mol. The minimum Gasteiger partial charge on any atom is -0.340 e. The molecule has 0 aromatic heterocycles. The van der Waals surface area contributed by atoms with Crippen LogP contribution in [0.1, 0.15) is 25.0 Å². The van der Waals surface area contributed by atoms with E-state index in [2.05, 4.69) is 5.32 Å². The molecule has 118 valence electrons. The van der Waals surface area contributed by atoms with Gasteiger partial charge < -0.3 is 5.32 Å². The summed E-state index contributed by atoms with van der Waals surface area (Å²) in [6.45, 7) is 3.51. The molecule has 1 N–H and O–H groups in total. The Bertz CT molecular complexity index is 719. The molecule has 0 bridgehead atoms. The number of hydrogen-bond donors (Lipinski definition) is 1. The van der Waals surface area contributed by atoms with Crippen molar-refractivity contribution in [2.75, 3.05) is 0 Å². The van der Waals surface area contributed by atoms with Gasteiger partial charge in [0.2, 0.25) is 5.78 Å². The highest BCUT2D eigenvalue weighted by molar-refractivity contribution is 6.41. The molecular weight excluding hydrogens is 293 g/mol. The highest BCUT2D eigenvalue weighted by atomic mass is 19.1. The molecule has 3 nitrogen and oxygen atoms in total. The Morgan fingerprint density at radius 3 is 2.22 bits per heavy atom. The predicted molar refractivity (Wildman–Crippen MR) is 88.1 cm³/mol. The number of benzene rings is 2. The SMILES string of the molecule is CC(C)(NC(=O)C(=O)/C=C/c1ccccc1)c1ccc(F)cc1. The standard InChI is InChI=1S/C19H18FNO2/c1-19(2,15-9-11-16(20)12-10-15)21-18(23)17(22)13-8-14-6-4-3-5-7-14/h3-13H,1-2H3,(H,21,23)/b13-8+.